The molecule has 1 aromatic heterocycles. The lowest BCUT2D eigenvalue weighted by atomic mass is 10.2. The zero-order valence-corrected chi connectivity index (χ0v) is 8.82. The molecule has 0 spiro atoms. The summed E-state index contributed by atoms with van der Waals surface area (Å²) < 4.78 is 0. The van der Waals surface area contributed by atoms with E-state index < -0.39 is 0 Å². The van der Waals surface area contributed by atoms with E-state index >= 15 is 0 Å². The van der Waals surface area contributed by atoms with E-state index in [1.165, 1.54) is 0 Å². The van der Waals surface area contributed by atoms with Gasteiger partial charge in [-0.1, -0.05) is 0 Å². The number of H-pyrrole nitrogens is 1. The molecule has 0 aromatic carbocycles. The molecule has 1 aliphatic heterocycles. The molecule has 1 fully saturated rings. The maximum Gasteiger partial charge on any atom is 0.242 e. The summed E-state index contributed by atoms with van der Waals surface area (Å²) in [6, 6.07) is -0.357. The van der Waals surface area contributed by atoms with Crippen LogP contribution in [0.3, 0.4) is 0 Å². The normalized spacial score (nSPS) is 19.5. The third-order valence-electron chi connectivity index (χ3n) is 2.53. The highest BCUT2D eigenvalue weighted by Gasteiger charge is 2.26. The van der Waals surface area contributed by atoms with E-state index in [1.54, 1.807) is 12.4 Å². The molecule has 16 heavy (non-hydrogen) atoms. The van der Waals surface area contributed by atoms with Crippen LogP contribution in [0.4, 0.5) is 0 Å². The van der Waals surface area contributed by atoms with Crippen LogP contribution in [0, 0.1) is 0 Å². The van der Waals surface area contributed by atoms with E-state index in [9.17, 15) is 9.59 Å². The summed E-state index contributed by atoms with van der Waals surface area (Å²) in [6.07, 6.45) is 5.11. The van der Waals surface area contributed by atoms with Crippen LogP contribution >= 0.6 is 0 Å². The summed E-state index contributed by atoms with van der Waals surface area (Å²) in [5.41, 5.74) is 0. The van der Waals surface area contributed by atoms with Crippen molar-refractivity contribution in [2.75, 3.05) is 6.54 Å². The fourth-order valence-electron chi connectivity index (χ4n) is 1.67. The first-order valence-corrected chi connectivity index (χ1v) is 5.31. The van der Waals surface area contributed by atoms with Crippen LogP contribution in [0.25, 0.3) is 0 Å². The molecule has 1 atom stereocenters. The molecule has 86 valence electrons. The predicted molar refractivity (Wildman–Crippen MR) is 56.5 cm³/mol. The molecule has 1 aromatic rings. The van der Waals surface area contributed by atoms with Gasteiger partial charge in [-0.3, -0.25) is 9.59 Å². The van der Waals surface area contributed by atoms with Gasteiger partial charge in [-0.2, -0.15) is 0 Å². The molecule has 2 heterocycles. The molecule has 1 aliphatic rings. The van der Waals surface area contributed by atoms with Crippen molar-refractivity contribution >= 4 is 11.8 Å². The van der Waals surface area contributed by atoms with Gasteiger partial charge < -0.3 is 15.6 Å². The van der Waals surface area contributed by atoms with Crippen LogP contribution in [0.1, 0.15) is 18.7 Å². The molecule has 0 saturated carbocycles. The number of aromatic amines is 1. The number of nitrogens with one attached hydrogen (secondary N) is 3. The van der Waals surface area contributed by atoms with Crippen molar-refractivity contribution in [3.8, 4) is 0 Å². The summed E-state index contributed by atoms with van der Waals surface area (Å²) in [5.74, 6) is 0.680. The van der Waals surface area contributed by atoms with Gasteiger partial charge in [0.05, 0.1) is 0 Å². The smallest absolute Gasteiger partial charge is 0.242 e. The van der Waals surface area contributed by atoms with Crippen molar-refractivity contribution < 1.29 is 9.59 Å². The summed E-state index contributed by atoms with van der Waals surface area (Å²) in [7, 11) is 0. The fraction of sp³-hybridized carbons (Fsp3) is 0.500. The van der Waals surface area contributed by atoms with Crippen molar-refractivity contribution in [1.29, 1.82) is 0 Å². The Balaban J connectivity index is 1.70. The van der Waals surface area contributed by atoms with Gasteiger partial charge in [0.15, 0.2) is 0 Å². The number of rotatable bonds is 4. The number of nitrogens with zero attached hydrogens (tertiary/aromatic N) is 1. The number of imidazole rings is 1. The van der Waals surface area contributed by atoms with Gasteiger partial charge in [0.1, 0.15) is 11.9 Å². The van der Waals surface area contributed by atoms with Gasteiger partial charge in [-0.05, 0) is 6.42 Å². The lowest BCUT2D eigenvalue weighted by Gasteiger charge is -2.09. The molecule has 1 unspecified atom stereocenters. The highest BCUT2D eigenvalue weighted by Crippen LogP contribution is 2.05. The Morgan fingerprint density at radius 2 is 2.50 bits per heavy atom. The third kappa shape index (κ3) is 2.59. The van der Waals surface area contributed by atoms with Crippen LogP contribution < -0.4 is 10.6 Å². The number of carbonyl (C=O) groups is 2. The average Bonchev–Trinajstić information content (AvgIpc) is 2.89. The van der Waals surface area contributed by atoms with Gasteiger partial charge in [-0.25, -0.2) is 4.98 Å². The second kappa shape index (κ2) is 4.78. The first kappa shape index (κ1) is 10.7. The lowest BCUT2D eigenvalue weighted by molar-refractivity contribution is -0.125. The third-order valence-corrected chi connectivity index (χ3v) is 2.53. The molecule has 6 nitrogen and oxygen atoms in total. The largest absolute Gasteiger partial charge is 0.354 e. The van der Waals surface area contributed by atoms with Gasteiger partial charge in [-0.15, -0.1) is 0 Å². The molecule has 0 radical (unpaired) electrons. The minimum absolute atomic E-state index is 0.0498. The van der Waals surface area contributed by atoms with Crippen LogP contribution in [0.2, 0.25) is 0 Å². The van der Waals surface area contributed by atoms with Gasteiger partial charge in [0.25, 0.3) is 0 Å². The monoisotopic (exact) mass is 222 g/mol. The number of carbonyl (C=O) groups excluding carboxylic acids is 2. The van der Waals surface area contributed by atoms with Crippen molar-refractivity contribution in [2.45, 2.75) is 25.3 Å². The molecule has 3 N–H and O–H groups in total. The fourth-order valence-corrected chi connectivity index (χ4v) is 1.67. The number of aromatic nitrogens is 2. The van der Waals surface area contributed by atoms with E-state index in [0.717, 1.165) is 5.82 Å². The summed E-state index contributed by atoms with van der Waals surface area (Å²) in [4.78, 5) is 29.5. The molecule has 2 amide bonds. The van der Waals surface area contributed by atoms with Gasteiger partial charge in [0, 0.05) is 31.8 Å². The highest BCUT2D eigenvalue weighted by atomic mass is 16.2. The molecule has 2 rings (SSSR count). The Morgan fingerprint density at radius 1 is 1.62 bits per heavy atom. The maximum atomic E-state index is 11.6. The quantitative estimate of drug-likeness (QED) is 0.632. The Kier molecular flexibility index (Phi) is 3.19. The van der Waals surface area contributed by atoms with Crippen LogP contribution in [-0.4, -0.2) is 34.4 Å². The van der Waals surface area contributed by atoms with Crippen LogP contribution in [0.15, 0.2) is 12.4 Å². The highest BCUT2D eigenvalue weighted by molar-refractivity contribution is 5.90. The van der Waals surface area contributed by atoms with E-state index in [4.69, 9.17) is 0 Å². The van der Waals surface area contributed by atoms with Crippen LogP contribution in [0.5, 0.6) is 0 Å². The summed E-state index contributed by atoms with van der Waals surface area (Å²) in [5, 5.41) is 5.39. The first-order chi connectivity index (χ1) is 7.75. The molecule has 0 aliphatic carbocycles. The van der Waals surface area contributed by atoms with E-state index in [1.807, 2.05) is 0 Å². The molecule has 1 saturated heterocycles. The lowest BCUT2D eigenvalue weighted by Crippen LogP contribution is -2.42. The number of hydrogen-bond acceptors (Lipinski definition) is 3. The van der Waals surface area contributed by atoms with Crippen molar-refractivity contribution in [3.05, 3.63) is 18.2 Å². The average molecular weight is 222 g/mol. The van der Waals surface area contributed by atoms with Crippen LogP contribution in [-0.2, 0) is 16.0 Å². The minimum Gasteiger partial charge on any atom is -0.354 e. The van der Waals surface area contributed by atoms with Crippen molar-refractivity contribution in [3.63, 3.8) is 0 Å². The second-order valence-corrected chi connectivity index (χ2v) is 3.74. The first-order valence-electron chi connectivity index (χ1n) is 5.31. The Bertz CT molecular complexity index is 374. The Labute approximate surface area is 92.8 Å². The SMILES string of the molecule is O=C1CCC(C(=O)NCCc2ncc[nH]2)N1. The van der Waals surface area contributed by atoms with E-state index in [-0.39, 0.29) is 17.9 Å². The van der Waals surface area contributed by atoms with Crippen molar-refractivity contribution in [2.24, 2.45) is 0 Å². The number of amides is 2. The molecular weight excluding hydrogens is 208 g/mol. The van der Waals surface area contributed by atoms with Crippen molar-refractivity contribution in [1.82, 2.24) is 20.6 Å². The predicted octanol–water partition coefficient (Wildman–Crippen LogP) is -0.653. The van der Waals surface area contributed by atoms with Gasteiger partial charge >= 0.3 is 0 Å². The number of hydrogen-bond donors (Lipinski definition) is 3. The molecule has 0 bridgehead atoms. The molecule has 6 heteroatoms. The van der Waals surface area contributed by atoms with E-state index in [0.29, 0.717) is 25.8 Å². The molecular formula is C10H14N4O2. The zero-order valence-electron chi connectivity index (χ0n) is 8.82. The topological polar surface area (TPSA) is 86.9 Å². The maximum absolute atomic E-state index is 11.6. The second-order valence-electron chi connectivity index (χ2n) is 3.74. The minimum atomic E-state index is -0.357. The van der Waals surface area contributed by atoms with Gasteiger partial charge in [0.2, 0.25) is 11.8 Å². The van der Waals surface area contributed by atoms with E-state index in [2.05, 4.69) is 20.6 Å². The Hall–Kier alpha value is -1.85. The Morgan fingerprint density at radius 3 is 3.12 bits per heavy atom. The summed E-state index contributed by atoms with van der Waals surface area (Å²) in [6.45, 7) is 0.527. The summed E-state index contributed by atoms with van der Waals surface area (Å²) >= 11 is 0. The zero-order chi connectivity index (χ0) is 11.4. The standard InChI is InChI=1S/C10H14N4O2/c15-9-2-1-7(14-9)10(16)13-4-3-8-11-5-6-12-8/h5-7H,1-4H2,(H,11,12)(H,13,16)(H,14,15).